The van der Waals surface area contributed by atoms with Crippen LogP contribution in [-0.2, 0) is 15.7 Å². The number of anilines is 3. The van der Waals surface area contributed by atoms with E-state index in [1.165, 1.54) is 18.3 Å². The molecule has 3 aliphatic rings. The van der Waals surface area contributed by atoms with E-state index in [4.69, 9.17) is 14.2 Å². The second-order valence-corrected chi connectivity index (χ2v) is 10.3. The largest absolute Gasteiger partial charge is 0.491 e. The van der Waals surface area contributed by atoms with Gasteiger partial charge < -0.3 is 19.1 Å². The van der Waals surface area contributed by atoms with Crippen molar-refractivity contribution in [2.24, 2.45) is 0 Å². The Morgan fingerprint density at radius 2 is 2.08 bits per heavy atom. The number of nitrogens with zero attached hydrogens (tertiary/aromatic N) is 5. The minimum Gasteiger partial charge on any atom is -0.491 e. The van der Waals surface area contributed by atoms with Crippen molar-refractivity contribution in [1.29, 1.82) is 0 Å². The molecule has 40 heavy (non-hydrogen) atoms. The van der Waals surface area contributed by atoms with Crippen molar-refractivity contribution in [3.05, 3.63) is 54.4 Å². The lowest BCUT2D eigenvalue weighted by Gasteiger charge is -2.35. The molecular weight excluding hydrogens is 529 g/mol. The molecule has 0 saturated carbocycles. The van der Waals surface area contributed by atoms with Gasteiger partial charge in [-0.25, -0.2) is 19.7 Å². The predicted molar refractivity (Wildman–Crippen MR) is 139 cm³/mol. The number of amides is 2. The molecule has 2 aromatic heterocycles. The van der Waals surface area contributed by atoms with Crippen molar-refractivity contribution >= 4 is 23.4 Å². The van der Waals surface area contributed by atoms with E-state index in [9.17, 15) is 18.0 Å². The quantitative estimate of drug-likeness (QED) is 0.482. The fraction of sp³-hybridized carbons (Fsp3) is 0.407. The fourth-order valence-corrected chi connectivity index (χ4v) is 5.12. The summed E-state index contributed by atoms with van der Waals surface area (Å²) >= 11 is 0. The number of rotatable bonds is 5. The molecule has 13 heteroatoms. The average molecular weight is 557 g/mol. The van der Waals surface area contributed by atoms with Gasteiger partial charge in [-0.15, -0.1) is 0 Å². The van der Waals surface area contributed by atoms with Gasteiger partial charge in [0, 0.05) is 30.9 Å². The zero-order chi connectivity index (χ0) is 28.1. The molecule has 3 aromatic rings. The van der Waals surface area contributed by atoms with Gasteiger partial charge in [0.15, 0.2) is 17.4 Å². The van der Waals surface area contributed by atoms with Crippen LogP contribution in [0.15, 0.2) is 48.8 Å². The van der Waals surface area contributed by atoms with E-state index >= 15 is 0 Å². The number of alkyl halides is 3. The van der Waals surface area contributed by atoms with Crippen molar-refractivity contribution in [2.75, 3.05) is 41.4 Å². The van der Waals surface area contributed by atoms with Gasteiger partial charge in [0.25, 0.3) is 0 Å². The lowest BCUT2D eigenvalue weighted by Crippen LogP contribution is -2.48. The summed E-state index contributed by atoms with van der Waals surface area (Å²) in [6.45, 7) is 5.67. The van der Waals surface area contributed by atoms with E-state index in [0.29, 0.717) is 43.4 Å². The first-order valence-corrected chi connectivity index (χ1v) is 12.9. The summed E-state index contributed by atoms with van der Waals surface area (Å²) in [5, 5.41) is 2.82. The minimum atomic E-state index is -4.50. The third kappa shape index (κ3) is 5.26. The van der Waals surface area contributed by atoms with Gasteiger partial charge in [0.2, 0.25) is 0 Å². The van der Waals surface area contributed by atoms with Gasteiger partial charge in [-0.1, -0.05) is 12.1 Å². The van der Waals surface area contributed by atoms with Crippen LogP contribution in [-0.4, -0.2) is 65.2 Å². The number of urea groups is 1. The summed E-state index contributed by atoms with van der Waals surface area (Å²) in [7, 11) is 0. The van der Waals surface area contributed by atoms with Gasteiger partial charge in [-0.2, -0.15) is 13.2 Å². The Bertz CT molecular complexity index is 1440. The molecule has 1 N–H and O–H groups in total. The Labute approximate surface area is 228 Å². The van der Waals surface area contributed by atoms with Crippen LogP contribution in [0.2, 0.25) is 0 Å². The van der Waals surface area contributed by atoms with E-state index in [1.807, 2.05) is 13.8 Å². The summed E-state index contributed by atoms with van der Waals surface area (Å²) in [4.78, 5) is 30.3. The zero-order valence-corrected chi connectivity index (χ0v) is 21.8. The molecule has 0 unspecified atom stereocenters. The number of pyridine rings is 1. The maximum Gasteiger partial charge on any atom is 0.416 e. The van der Waals surface area contributed by atoms with Crippen LogP contribution in [0.25, 0.3) is 11.4 Å². The molecule has 2 bridgehead atoms. The smallest absolute Gasteiger partial charge is 0.416 e. The molecule has 5 heterocycles. The zero-order valence-electron chi connectivity index (χ0n) is 21.8. The highest BCUT2D eigenvalue weighted by Crippen LogP contribution is 2.40. The normalized spacial score (nSPS) is 21.3. The van der Waals surface area contributed by atoms with Gasteiger partial charge in [0.05, 0.1) is 30.1 Å². The molecule has 6 rings (SSSR count). The second kappa shape index (κ2) is 9.89. The Morgan fingerprint density at radius 1 is 1.23 bits per heavy atom. The third-order valence-corrected chi connectivity index (χ3v) is 6.98. The first-order chi connectivity index (χ1) is 19.1. The summed E-state index contributed by atoms with van der Waals surface area (Å²) in [6.07, 6.45) is -0.930. The lowest BCUT2D eigenvalue weighted by molar-refractivity contribution is -0.141. The van der Waals surface area contributed by atoms with E-state index in [0.717, 1.165) is 12.1 Å². The molecular formula is C27H27F3N6O4. The first-order valence-electron chi connectivity index (χ1n) is 12.9. The lowest BCUT2D eigenvalue weighted by atomic mass is 10.1. The second-order valence-electron chi connectivity index (χ2n) is 10.3. The molecule has 0 radical (unpaired) electrons. The minimum absolute atomic E-state index is 0.0972. The van der Waals surface area contributed by atoms with Crippen molar-refractivity contribution in [1.82, 2.24) is 15.0 Å². The van der Waals surface area contributed by atoms with E-state index in [2.05, 4.69) is 25.2 Å². The topological polar surface area (TPSA) is 102 Å². The number of carbonyl (C=O) groups excluding carboxylic acids is 1. The van der Waals surface area contributed by atoms with Gasteiger partial charge in [-0.3, -0.25) is 10.2 Å². The summed E-state index contributed by atoms with van der Waals surface area (Å²) < 4.78 is 57.0. The predicted octanol–water partition coefficient (Wildman–Crippen LogP) is 4.72. The maximum absolute atomic E-state index is 13.6. The number of halogens is 3. The Morgan fingerprint density at radius 3 is 2.85 bits per heavy atom. The monoisotopic (exact) mass is 556 g/mol. The number of nitrogens with one attached hydrogen (secondary N) is 1. The maximum atomic E-state index is 13.6. The molecule has 3 aliphatic heterocycles. The van der Waals surface area contributed by atoms with Gasteiger partial charge in [0.1, 0.15) is 24.3 Å². The highest BCUT2D eigenvalue weighted by molar-refractivity contribution is 6.04. The number of aromatic nitrogens is 3. The molecule has 2 atom stereocenters. The molecule has 1 aromatic carbocycles. The van der Waals surface area contributed by atoms with Crippen molar-refractivity contribution < 1.29 is 32.2 Å². The Kier molecular flexibility index (Phi) is 6.50. The number of ether oxygens (including phenoxy) is 3. The van der Waals surface area contributed by atoms with Gasteiger partial charge in [-0.05, 0) is 38.5 Å². The average Bonchev–Trinajstić information content (AvgIpc) is 3.50. The van der Waals surface area contributed by atoms with Crippen LogP contribution in [0.3, 0.4) is 0 Å². The van der Waals surface area contributed by atoms with E-state index in [1.54, 1.807) is 23.2 Å². The number of hydrogen-bond donors (Lipinski definition) is 1. The van der Waals surface area contributed by atoms with Crippen LogP contribution < -0.4 is 19.9 Å². The fourth-order valence-electron chi connectivity index (χ4n) is 5.12. The van der Waals surface area contributed by atoms with Crippen molar-refractivity contribution in [3.63, 3.8) is 0 Å². The molecule has 2 amide bonds. The number of benzene rings is 1. The molecule has 0 spiro atoms. The number of carbonyl (C=O) groups is 1. The number of fused-ring (bicyclic) bond motifs is 4. The van der Waals surface area contributed by atoms with Crippen LogP contribution in [0.5, 0.6) is 5.75 Å². The Balaban J connectivity index is 1.22. The third-order valence-electron chi connectivity index (χ3n) is 6.98. The van der Waals surface area contributed by atoms with E-state index < -0.39 is 23.6 Å². The van der Waals surface area contributed by atoms with Crippen LogP contribution in [0.4, 0.5) is 35.3 Å². The summed E-state index contributed by atoms with van der Waals surface area (Å²) in [5.41, 5.74) is 0.0532. The van der Waals surface area contributed by atoms with Crippen LogP contribution in [0.1, 0.15) is 25.8 Å². The molecule has 210 valence electrons. The Hall–Kier alpha value is -3.97. The highest BCUT2D eigenvalue weighted by atomic mass is 19.4. The highest BCUT2D eigenvalue weighted by Gasteiger charge is 2.41. The van der Waals surface area contributed by atoms with Gasteiger partial charge >= 0.3 is 12.2 Å². The molecule has 2 saturated heterocycles. The van der Waals surface area contributed by atoms with Crippen molar-refractivity contribution in [3.8, 4) is 17.1 Å². The standard InChI is InChI=1S/C27H27F3N6O4/c1-26(2)39-15-20(40-26)14-38-19-6-8-31-22(11-19)33-25(37)36-18-7-9-35(13-18)21-12-32-23(34-24(21)36)16-4-3-5-17(10-16)27(28,29)30/h3-6,8,10-12,18,20H,7,9,13-15H2,1-2H3,(H,31,33,37)/t18-,20-/m0/s1. The summed E-state index contributed by atoms with van der Waals surface area (Å²) in [5.74, 6) is 0.553. The van der Waals surface area contributed by atoms with Crippen LogP contribution >= 0.6 is 0 Å². The number of hydrogen-bond acceptors (Lipinski definition) is 8. The SMILES string of the molecule is CC1(C)OC[C@H](COc2ccnc(NC(=O)N3c4nc(-c5cccc(C(F)(F)F)c5)ncc4N4CC[C@H]3C4)c2)O1. The van der Waals surface area contributed by atoms with Crippen molar-refractivity contribution in [2.45, 2.75) is 44.4 Å². The van der Waals surface area contributed by atoms with E-state index in [-0.39, 0.29) is 36.0 Å². The summed E-state index contributed by atoms with van der Waals surface area (Å²) in [6, 6.07) is 7.48. The first kappa shape index (κ1) is 26.3. The van der Waals surface area contributed by atoms with Crippen LogP contribution in [0, 0.1) is 0 Å². The molecule has 0 aliphatic carbocycles. The molecule has 2 fully saturated rings. The molecule has 10 nitrogen and oxygen atoms in total.